The standard InChI is InChI=1S/C17H23FN2O3/c1-22-6-5-17(21)20-10-13-9-19(15(13)11-20)8-12-3-4-16(23-2)14(18)7-12/h3-4,7,13,15H,5-6,8-11H2,1-2H3. The summed E-state index contributed by atoms with van der Waals surface area (Å²) in [6.45, 7) is 3.75. The SMILES string of the molecule is COCCC(=O)N1CC2CN(Cc3ccc(OC)c(F)c3)C2C1. The summed E-state index contributed by atoms with van der Waals surface area (Å²) in [5, 5.41) is 0. The summed E-state index contributed by atoms with van der Waals surface area (Å²) >= 11 is 0. The number of hydrogen-bond acceptors (Lipinski definition) is 4. The molecule has 126 valence electrons. The topological polar surface area (TPSA) is 42.0 Å². The number of ether oxygens (including phenoxy) is 2. The largest absolute Gasteiger partial charge is 0.494 e. The van der Waals surface area contributed by atoms with Gasteiger partial charge in [-0.3, -0.25) is 9.69 Å². The number of carbonyl (C=O) groups is 1. The average molecular weight is 322 g/mol. The second kappa shape index (κ2) is 6.84. The molecule has 0 spiro atoms. The molecule has 0 aliphatic carbocycles. The molecule has 5 nitrogen and oxygen atoms in total. The number of benzene rings is 1. The van der Waals surface area contributed by atoms with Crippen LogP contribution in [0.25, 0.3) is 0 Å². The summed E-state index contributed by atoms with van der Waals surface area (Å²) in [6.07, 6.45) is 0.444. The quantitative estimate of drug-likeness (QED) is 0.796. The van der Waals surface area contributed by atoms with E-state index in [1.54, 1.807) is 13.2 Å². The fourth-order valence-corrected chi connectivity index (χ4v) is 3.52. The van der Waals surface area contributed by atoms with E-state index in [1.807, 2.05) is 11.0 Å². The zero-order chi connectivity index (χ0) is 16.4. The van der Waals surface area contributed by atoms with Gasteiger partial charge < -0.3 is 14.4 Å². The Labute approximate surface area is 136 Å². The molecule has 1 aromatic carbocycles. The molecule has 3 rings (SSSR count). The predicted molar refractivity (Wildman–Crippen MR) is 83.7 cm³/mol. The summed E-state index contributed by atoms with van der Waals surface area (Å²) in [7, 11) is 3.07. The summed E-state index contributed by atoms with van der Waals surface area (Å²) in [5.74, 6) is 0.650. The minimum absolute atomic E-state index is 0.164. The van der Waals surface area contributed by atoms with E-state index in [-0.39, 0.29) is 17.5 Å². The highest BCUT2D eigenvalue weighted by molar-refractivity contribution is 5.76. The third-order valence-corrected chi connectivity index (χ3v) is 4.82. The van der Waals surface area contributed by atoms with Gasteiger partial charge in [-0.15, -0.1) is 0 Å². The molecule has 2 heterocycles. The van der Waals surface area contributed by atoms with Crippen LogP contribution in [-0.2, 0) is 16.1 Å². The van der Waals surface area contributed by atoms with E-state index >= 15 is 0 Å². The molecule has 0 N–H and O–H groups in total. The van der Waals surface area contributed by atoms with E-state index < -0.39 is 0 Å². The molecule has 2 fully saturated rings. The normalized spacial score (nSPS) is 23.5. The minimum Gasteiger partial charge on any atom is -0.494 e. The Hall–Kier alpha value is -1.66. The molecule has 2 atom stereocenters. The number of carbonyl (C=O) groups excluding carboxylic acids is 1. The van der Waals surface area contributed by atoms with Crippen molar-refractivity contribution >= 4 is 5.91 Å². The zero-order valence-corrected chi connectivity index (χ0v) is 13.6. The third kappa shape index (κ3) is 3.33. The predicted octanol–water partition coefficient (Wildman–Crippen LogP) is 1.51. The summed E-state index contributed by atoms with van der Waals surface area (Å²) in [4.78, 5) is 16.3. The Kier molecular flexibility index (Phi) is 4.82. The van der Waals surface area contributed by atoms with Crippen molar-refractivity contribution in [3.8, 4) is 5.75 Å². The first-order valence-corrected chi connectivity index (χ1v) is 7.95. The molecule has 23 heavy (non-hydrogen) atoms. The average Bonchev–Trinajstić information content (AvgIpc) is 2.88. The van der Waals surface area contributed by atoms with Crippen LogP contribution < -0.4 is 4.74 Å². The van der Waals surface area contributed by atoms with Crippen molar-refractivity contribution in [2.24, 2.45) is 5.92 Å². The van der Waals surface area contributed by atoms with E-state index in [0.29, 0.717) is 31.5 Å². The summed E-state index contributed by atoms with van der Waals surface area (Å²) < 4.78 is 23.7. The van der Waals surface area contributed by atoms with E-state index in [2.05, 4.69) is 4.90 Å². The number of hydrogen-bond donors (Lipinski definition) is 0. The Morgan fingerprint density at radius 2 is 2.13 bits per heavy atom. The van der Waals surface area contributed by atoms with Crippen LogP contribution in [0.1, 0.15) is 12.0 Å². The highest BCUT2D eigenvalue weighted by Crippen LogP contribution is 2.34. The van der Waals surface area contributed by atoms with Crippen LogP contribution in [0.4, 0.5) is 4.39 Å². The molecule has 1 amide bonds. The van der Waals surface area contributed by atoms with Gasteiger partial charge in [-0.2, -0.15) is 0 Å². The molecular weight excluding hydrogens is 299 g/mol. The smallest absolute Gasteiger partial charge is 0.224 e. The highest BCUT2D eigenvalue weighted by atomic mass is 19.1. The third-order valence-electron chi connectivity index (χ3n) is 4.82. The van der Waals surface area contributed by atoms with Crippen molar-refractivity contribution in [3.63, 3.8) is 0 Å². The molecule has 0 saturated carbocycles. The van der Waals surface area contributed by atoms with Gasteiger partial charge in [0.1, 0.15) is 0 Å². The van der Waals surface area contributed by atoms with E-state index in [9.17, 15) is 9.18 Å². The number of halogens is 1. The van der Waals surface area contributed by atoms with Crippen LogP contribution in [0.5, 0.6) is 5.75 Å². The number of amides is 1. The van der Waals surface area contributed by atoms with Gasteiger partial charge in [-0.05, 0) is 17.7 Å². The molecule has 0 radical (unpaired) electrons. The molecule has 2 unspecified atom stereocenters. The lowest BCUT2D eigenvalue weighted by Crippen LogP contribution is -2.54. The van der Waals surface area contributed by atoms with Gasteiger partial charge in [0.05, 0.1) is 20.1 Å². The maximum Gasteiger partial charge on any atom is 0.224 e. The van der Waals surface area contributed by atoms with E-state index in [1.165, 1.54) is 13.2 Å². The molecule has 2 aliphatic rings. The Morgan fingerprint density at radius 1 is 1.30 bits per heavy atom. The van der Waals surface area contributed by atoms with Gasteiger partial charge in [0.15, 0.2) is 11.6 Å². The van der Waals surface area contributed by atoms with Crippen molar-refractivity contribution in [2.75, 3.05) is 40.5 Å². The van der Waals surface area contributed by atoms with Gasteiger partial charge in [0, 0.05) is 45.2 Å². The fourth-order valence-electron chi connectivity index (χ4n) is 3.52. The van der Waals surface area contributed by atoms with Crippen LogP contribution in [0.2, 0.25) is 0 Å². The van der Waals surface area contributed by atoms with Crippen LogP contribution >= 0.6 is 0 Å². The summed E-state index contributed by atoms with van der Waals surface area (Å²) in [5.41, 5.74) is 0.936. The van der Waals surface area contributed by atoms with E-state index in [0.717, 1.165) is 25.2 Å². The molecule has 2 aliphatic heterocycles. The second-order valence-electron chi connectivity index (χ2n) is 6.27. The number of fused-ring (bicyclic) bond motifs is 1. The van der Waals surface area contributed by atoms with Gasteiger partial charge in [0.2, 0.25) is 5.91 Å². The van der Waals surface area contributed by atoms with Crippen molar-refractivity contribution in [3.05, 3.63) is 29.6 Å². The second-order valence-corrected chi connectivity index (χ2v) is 6.27. The number of rotatable bonds is 6. The molecule has 2 saturated heterocycles. The fraction of sp³-hybridized carbons (Fsp3) is 0.588. The molecule has 0 aromatic heterocycles. The number of nitrogens with zero attached hydrogens (tertiary/aromatic N) is 2. The van der Waals surface area contributed by atoms with Crippen molar-refractivity contribution in [1.29, 1.82) is 0 Å². The van der Waals surface area contributed by atoms with Crippen molar-refractivity contribution in [1.82, 2.24) is 9.80 Å². The first kappa shape index (κ1) is 16.2. The van der Waals surface area contributed by atoms with Crippen molar-refractivity contribution in [2.45, 2.75) is 19.0 Å². The van der Waals surface area contributed by atoms with Crippen LogP contribution in [0, 0.1) is 11.7 Å². The van der Waals surface area contributed by atoms with Gasteiger partial charge in [-0.1, -0.05) is 6.07 Å². The van der Waals surface area contributed by atoms with Crippen LogP contribution in [0.3, 0.4) is 0 Å². The Morgan fingerprint density at radius 3 is 2.83 bits per heavy atom. The summed E-state index contributed by atoms with van der Waals surface area (Å²) in [6, 6.07) is 5.48. The molecule has 6 heteroatoms. The lowest BCUT2D eigenvalue weighted by molar-refractivity contribution is -0.131. The maximum atomic E-state index is 13.8. The first-order chi connectivity index (χ1) is 11.1. The van der Waals surface area contributed by atoms with Gasteiger partial charge in [0.25, 0.3) is 0 Å². The minimum atomic E-state index is -0.329. The van der Waals surface area contributed by atoms with E-state index in [4.69, 9.17) is 9.47 Å². The van der Waals surface area contributed by atoms with Crippen molar-refractivity contribution < 1.29 is 18.7 Å². The number of methoxy groups -OCH3 is 2. The Bertz CT molecular complexity index is 581. The lowest BCUT2D eigenvalue weighted by atomic mass is 9.91. The molecule has 0 bridgehead atoms. The van der Waals surface area contributed by atoms with Crippen LogP contribution in [0.15, 0.2) is 18.2 Å². The maximum absolute atomic E-state index is 13.8. The molecule has 1 aromatic rings. The zero-order valence-electron chi connectivity index (χ0n) is 13.6. The van der Waals surface area contributed by atoms with Gasteiger partial charge >= 0.3 is 0 Å². The van der Waals surface area contributed by atoms with Crippen LogP contribution in [-0.4, -0.2) is 62.2 Å². The monoisotopic (exact) mass is 322 g/mol. The lowest BCUT2D eigenvalue weighted by Gasteiger charge is -2.43. The molecular formula is C17H23FN2O3. The van der Waals surface area contributed by atoms with Gasteiger partial charge in [-0.25, -0.2) is 4.39 Å². The first-order valence-electron chi connectivity index (χ1n) is 7.95. The Balaban J connectivity index is 1.55. The number of likely N-dealkylation sites (tertiary alicyclic amines) is 2. The highest BCUT2D eigenvalue weighted by Gasteiger charge is 2.46.